The number of carboxylic acids is 1. The van der Waals surface area contributed by atoms with E-state index in [2.05, 4.69) is 10.2 Å². The van der Waals surface area contributed by atoms with E-state index in [-0.39, 0.29) is 5.22 Å². The zero-order valence-corrected chi connectivity index (χ0v) is 11.1. The molecular weight excluding hydrogens is 268 g/mol. The summed E-state index contributed by atoms with van der Waals surface area (Å²) >= 11 is 0.948. The molecular formula is C12H11N2O4S-. The lowest BCUT2D eigenvalue weighted by atomic mass is 10.2. The molecule has 2 aromatic rings. The number of hydrogen-bond acceptors (Lipinski definition) is 7. The van der Waals surface area contributed by atoms with Crippen molar-refractivity contribution in [1.82, 2.24) is 10.2 Å². The predicted octanol–water partition coefficient (Wildman–Crippen LogP) is 0.976. The summed E-state index contributed by atoms with van der Waals surface area (Å²) in [6.45, 7) is 1.50. The van der Waals surface area contributed by atoms with E-state index in [0.29, 0.717) is 5.89 Å². The van der Waals surface area contributed by atoms with Gasteiger partial charge in [0.2, 0.25) is 5.89 Å². The maximum atomic E-state index is 10.6. The van der Waals surface area contributed by atoms with Crippen LogP contribution in [0.4, 0.5) is 0 Å². The van der Waals surface area contributed by atoms with Crippen LogP contribution < -0.4 is 9.84 Å². The minimum Gasteiger partial charge on any atom is -0.549 e. The Bertz CT molecular complexity index is 567. The van der Waals surface area contributed by atoms with Crippen molar-refractivity contribution in [2.24, 2.45) is 0 Å². The zero-order valence-electron chi connectivity index (χ0n) is 10.3. The first-order valence-electron chi connectivity index (χ1n) is 5.45. The summed E-state index contributed by atoms with van der Waals surface area (Å²) in [5, 5.41) is 17.7. The molecule has 0 aliphatic heterocycles. The first-order chi connectivity index (χ1) is 9.10. The lowest BCUT2D eigenvalue weighted by Crippen LogP contribution is -2.31. The van der Waals surface area contributed by atoms with E-state index in [0.717, 1.165) is 23.1 Å². The van der Waals surface area contributed by atoms with Gasteiger partial charge in [-0.05, 0) is 31.2 Å². The van der Waals surface area contributed by atoms with E-state index in [1.807, 2.05) is 0 Å². The van der Waals surface area contributed by atoms with Crippen molar-refractivity contribution >= 4 is 17.7 Å². The van der Waals surface area contributed by atoms with Gasteiger partial charge in [0, 0.05) is 5.56 Å². The highest BCUT2D eigenvalue weighted by atomic mass is 32.2. The molecule has 1 aromatic heterocycles. The Morgan fingerprint density at radius 3 is 2.63 bits per heavy atom. The summed E-state index contributed by atoms with van der Waals surface area (Å²) in [5.74, 6) is -0.117. The second-order valence-corrected chi connectivity index (χ2v) is 4.97. The van der Waals surface area contributed by atoms with Crippen molar-refractivity contribution < 1.29 is 19.1 Å². The van der Waals surface area contributed by atoms with Gasteiger partial charge in [0.1, 0.15) is 5.75 Å². The number of ether oxygens (including phenoxy) is 1. The average Bonchev–Trinajstić information content (AvgIpc) is 2.87. The first kappa shape index (κ1) is 13.4. The van der Waals surface area contributed by atoms with Gasteiger partial charge >= 0.3 is 0 Å². The minimum atomic E-state index is -1.17. The zero-order chi connectivity index (χ0) is 13.8. The third-order valence-corrected chi connectivity index (χ3v) is 3.27. The van der Waals surface area contributed by atoms with Gasteiger partial charge in [-0.2, -0.15) is 0 Å². The van der Waals surface area contributed by atoms with Gasteiger partial charge in [-0.1, -0.05) is 11.8 Å². The van der Waals surface area contributed by atoms with Gasteiger partial charge in [-0.15, -0.1) is 10.2 Å². The van der Waals surface area contributed by atoms with E-state index < -0.39 is 11.2 Å². The fourth-order valence-corrected chi connectivity index (χ4v) is 1.92. The molecule has 1 heterocycles. The Hall–Kier alpha value is -2.02. The van der Waals surface area contributed by atoms with Crippen LogP contribution in [-0.4, -0.2) is 28.5 Å². The molecule has 1 atom stereocenters. The number of methoxy groups -OCH3 is 1. The van der Waals surface area contributed by atoms with Crippen molar-refractivity contribution in [2.45, 2.75) is 17.4 Å². The number of benzene rings is 1. The summed E-state index contributed by atoms with van der Waals surface area (Å²) in [7, 11) is 1.58. The second kappa shape index (κ2) is 5.75. The number of nitrogens with zero attached hydrogens (tertiary/aromatic N) is 2. The van der Waals surface area contributed by atoms with Gasteiger partial charge in [0.25, 0.3) is 5.22 Å². The van der Waals surface area contributed by atoms with E-state index in [1.54, 1.807) is 31.4 Å². The van der Waals surface area contributed by atoms with Gasteiger partial charge in [-0.25, -0.2) is 0 Å². The normalized spacial score (nSPS) is 12.1. The van der Waals surface area contributed by atoms with Crippen molar-refractivity contribution in [3.63, 3.8) is 0 Å². The first-order valence-corrected chi connectivity index (χ1v) is 6.33. The molecule has 0 bridgehead atoms. The predicted molar refractivity (Wildman–Crippen MR) is 66.6 cm³/mol. The molecule has 19 heavy (non-hydrogen) atoms. The Balaban J connectivity index is 2.13. The molecule has 7 heteroatoms. The summed E-state index contributed by atoms with van der Waals surface area (Å²) in [6, 6.07) is 7.11. The number of rotatable bonds is 5. The topological polar surface area (TPSA) is 88.3 Å². The quantitative estimate of drug-likeness (QED) is 0.753. The van der Waals surface area contributed by atoms with Crippen LogP contribution in [0.2, 0.25) is 0 Å². The van der Waals surface area contributed by atoms with Crippen LogP contribution in [0.1, 0.15) is 6.92 Å². The summed E-state index contributed by atoms with van der Waals surface area (Å²) in [5.41, 5.74) is 0.737. The van der Waals surface area contributed by atoms with Crippen molar-refractivity contribution in [2.75, 3.05) is 7.11 Å². The lowest BCUT2D eigenvalue weighted by molar-refractivity contribution is -0.304. The molecule has 1 aromatic carbocycles. The van der Waals surface area contributed by atoms with Gasteiger partial charge < -0.3 is 19.1 Å². The van der Waals surface area contributed by atoms with Crippen molar-refractivity contribution in [3.8, 4) is 17.2 Å². The highest BCUT2D eigenvalue weighted by Crippen LogP contribution is 2.26. The number of carbonyl (C=O) groups is 1. The number of thioether (sulfide) groups is 1. The van der Waals surface area contributed by atoms with Crippen LogP contribution in [0.15, 0.2) is 33.9 Å². The molecule has 0 N–H and O–H groups in total. The molecule has 0 radical (unpaired) electrons. The van der Waals surface area contributed by atoms with E-state index in [9.17, 15) is 9.90 Å². The maximum Gasteiger partial charge on any atom is 0.277 e. The number of aliphatic carboxylic acids is 1. The number of carbonyl (C=O) groups excluding carboxylic acids is 1. The van der Waals surface area contributed by atoms with Gasteiger partial charge in [-0.3, -0.25) is 0 Å². The fourth-order valence-electron chi connectivity index (χ4n) is 1.31. The lowest BCUT2D eigenvalue weighted by Gasteiger charge is -2.07. The molecule has 0 saturated heterocycles. The molecule has 0 saturated carbocycles. The second-order valence-electron chi connectivity index (χ2n) is 3.68. The van der Waals surface area contributed by atoms with Gasteiger partial charge in [0.05, 0.1) is 18.3 Å². The molecule has 0 fully saturated rings. The number of aromatic nitrogens is 2. The molecule has 0 amide bonds. The van der Waals surface area contributed by atoms with Crippen LogP contribution in [0.5, 0.6) is 5.75 Å². The Morgan fingerprint density at radius 1 is 1.37 bits per heavy atom. The maximum absolute atomic E-state index is 10.6. The third-order valence-electron chi connectivity index (χ3n) is 2.35. The number of hydrogen-bond donors (Lipinski definition) is 0. The Kier molecular flexibility index (Phi) is 4.06. The highest BCUT2D eigenvalue weighted by Gasteiger charge is 2.13. The number of carboxylic acid groups (broad SMARTS) is 1. The summed E-state index contributed by atoms with van der Waals surface area (Å²) in [6.07, 6.45) is 0. The highest BCUT2D eigenvalue weighted by molar-refractivity contribution is 8.00. The van der Waals surface area contributed by atoms with Crippen LogP contribution in [0.25, 0.3) is 11.5 Å². The smallest absolute Gasteiger partial charge is 0.277 e. The third kappa shape index (κ3) is 3.25. The molecule has 0 spiro atoms. The van der Waals surface area contributed by atoms with Crippen LogP contribution in [-0.2, 0) is 4.79 Å². The summed E-state index contributed by atoms with van der Waals surface area (Å²) in [4.78, 5) is 10.6. The monoisotopic (exact) mass is 279 g/mol. The van der Waals surface area contributed by atoms with E-state index >= 15 is 0 Å². The van der Waals surface area contributed by atoms with Gasteiger partial charge in [0.15, 0.2) is 0 Å². The Labute approximate surface area is 113 Å². The SMILES string of the molecule is COc1ccc(-c2nnc(S[C@H](C)C(=O)[O-])o2)cc1. The van der Waals surface area contributed by atoms with Crippen LogP contribution >= 0.6 is 11.8 Å². The fraction of sp³-hybridized carbons (Fsp3) is 0.250. The van der Waals surface area contributed by atoms with E-state index in [4.69, 9.17) is 9.15 Å². The molecule has 0 aliphatic carbocycles. The van der Waals surface area contributed by atoms with Crippen molar-refractivity contribution in [3.05, 3.63) is 24.3 Å². The standard InChI is InChI=1S/C12H12N2O4S/c1-7(11(15)16)19-12-14-13-10(18-12)8-3-5-9(17-2)6-4-8/h3-7H,1-2H3,(H,15,16)/p-1/t7-/m1/s1. The summed E-state index contributed by atoms with van der Waals surface area (Å²) < 4.78 is 10.4. The molecule has 0 aliphatic rings. The molecule has 6 nitrogen and oxygen atoms in total. The minimum absolute atomic E-state index is 0.197. The van der Waals surface area contributed by atoms with Crippen molar-refractivity contribution in [1.29, 1.82) is 0 Å². The molecule has 100 valence electrons. The van der Waals surface area contributed by atoms with E-state index in [1.165, 1.54) is 6.92 Å². The molecule has 0 unspecified atom stereocenters. The van der Waals surface area contributed by atoms with Crippen LogP contribution in [0, 0.1) is 0 Å². The Morgan fingerprint density at radius 2 is 2.05 bits per heavy atom. The van der Waals surface area contributed by atoms with Crippen LogP contribution in [0.3, 0.4) is 0 Å². The largest absolute Gasteiger partial charge is 0.549 e. The average molecular weight is 279 g/mol. The molecule has 2 rings (SSSR count).